The number of H-pyrrole nitrogens is 1. The maximum atomic E-state index is 5.76. The first-order valence-electron chi connectivity index (χ1n) is 3.33. The van der Waals surface area contributed by atoms with Gasteiger partial charge in [-0.05, 0) is 5.92 Å². The number of nitrogens with zero attached hydrogens (tertiary/aromatic N) is 2. The van der Waals surface area contributed by atoms with Gasteiger partial charge in [0.15, 0.2) is 0 Å². The highest BCUT2D eigenvalue weighted by molar-refractivity contribution is 4.98. The zero-order valence-electron chi connectivity index (χ0n) is 6.20. The van der Waals surface area contributed by atoms with Crippen molar-refractivity contribution in [3.05, 3.63) is 11.9 Å². The van der Waals surface area contributed by atoms with Crippen LogP contribution in [0.1, 0.15) is 25.6 Å². The van der Waals surface area contributed by atoms with E-state index in [9.17, 15) is 0 Å². The number of nitrogens with one attached hydrogen (secondary N) is 1. The Hall–Kier alpha value is -0.900. The fourth-order valence-electron chi connectivity index (χ4n) is 0.715. The molecule has 1 aromatic rings. The van der Waals surface area contributed by atoms with E-state index in [0.29, 0.717) is 5.92 Å². The Labute approximate surface area is 59.8 Å². The molecule has 0 unspecified atom stereocenters. The molecule has 1 rings (SSSR count). The third-order valence-corrected chi connectivity index (χ3v) is 1.50. The Bertz CT molecular complexity index is 180. The fourth-order valence-corrected chi connectivity index (χ4v) is 0.715. The van der Waals surface area contributed by atoms with E-state index < -0.39 is 0 Å². The van der Waals surface area contributed by atoms with Crippen molar-refractivity contribution in [1.82, 2.24) is 15.4 Å². The van der Waals surface area contributed by atoms with E-state index in [1.54, 1.807) is 6.20 Å². The third-order valence-electron chi connectivity index (χ3n) is 1.50. The Morgan fingerprint density at radius 1 is 1.60 bits per heavy atom. The summed E-state index contributed by atoms with van der Waals surface area (Å²) in [4.78, 5) is 0. The van der Waals surface area contributed by atoms with Crippen molar-refractivity contribution in [2.75, 3.05) is 0 Å². The summed E-state index contributed by atoms with van der Waals surface area (Å²) in [7, 11) is 0. The highest BCUT2D eigenvalue weighted by Gasteiger charge is 2.11. The van der Waals surface area contributed by atoms with Crippen LogP contribution in [0.5, 0.6) is 0 Å². The van der Waals surface area contributed by atoms with Crippen LogP contribution in [-0.4, -0.2) is 15.4 Å². The molecule has 1 heterocycles. The molecule has 0 aliphatic rings. The van der Waals surface area contributed by atoms with Gasteiger partial charge in [0.2, 0.25) is 0 Å². The van der Waals surface area contributed by atoms with Gasteiger partial charge in [-0.3, -0.25) is 5.10 Å². The third kappa shape index (κ3) is 1.33. The van der Waals surface area contributed by atoms with Gasteiger partial charge in [0, 0.05) is 6.20 Å². The highest BCUT2D eigenvalue weighted by Crippen LogP contribution is 2.13. The van der Waals surface area contributed by atoms with Crippen LogP contribution >= 0.6 is 0 Å². The molecule has 56 valence electrons. The van der Waals surface area contributed by atoms with Crippen LogP contribution in [0, 0.1) is 5.92 Å². The maximum Gasteiger partial charge on any atom is 0.0994 e. The van der Waals surface area contributed by atoms with Crippen molar-refractivity contribution in [1.29, 1.82) is 0 Å². The SMILES string of the molecule is CC(C)[C@H](N)c1c[nH]nn1. The molecule has 0 aliphatic heterocycles. The molecule has 4 heteroatoms. The van der Waals surface area contributed by atoms with Crippen LogP contribution in [-0.2, 0) is 0 Å². The zero-order valence-corrected chi connectivity index (χ0v) is 6.20. The summed E-state index contributed by atoms with van der Waals surface area (Å²) in [6.45, 7) is 4.11. The van der Waals surface area contributed by atoms with Crippen molar-refractivity contribution in [2.45, 2.75) is 19.9 Å². The smallest absolute Gasteiger partial charge is 0.0994 e. The van der Waals surface area contributed by atoms with E-state index >= 15 is 0 Å². The molecule has 0 bridgehead atoms. The lowest BCUT2D eigenvalue weighted by molar-refractivity contribution is 0.502. The molecule has 0 fully saturated rings. The van der Waals surface area contributed by atoms with Gasteiger partial charge in [-0.15, -0.1) is 5.10 Å². The van der Waals surface area contributed by atoms with Gasteiger partial charge in [0.1, 0.15) is 0 Å². The molecule has 0 spiro atoms. The fraction of sp³-hybridized carbons (Fsp3) is 0.667. The largest absolute Gasteiger partial charge is 0.322 e. The first-order chi connectivity index (χ1) is 4.72. The molecule has 0 radical (unpaired) electrons. The second kappa shape index (κ2) is 2.79. The summed E-state index contributed by atoms with van der Waals surface area (Å²) in [6, 6.07) is -0.00116. The minimum Gasteiger partial charge on any atom is -0.322 e. The van der Waals surface area contributed by atoms with Crippen LogP contribution in [0.2, 0.25) is 0 Å². The molecule has 3 N–H and O–H groups in total. The molecule has 10 heavy (non-hydrogen) atoms. The second-order valence-electron chi connectivity index (χ2n) is 2.67. The Kier molecular flexibility index (Phi) is 2.01. The number of hydrogen-bond donors (Lipinski definition) is 2. The first kappa shape index (κ1) is 7.21. The van der Waals surface area contributed by atoms with Gasteiger partial charge in [-0.25, -0.2) is 0 Å². The van der Waals surface area contributed by atoms with Crippen molar-refractivity contribution in [3.8, 4) is 0 Å². The predicted molar refractivity (Wildman–Crippen MR) is 38.1 cm³/mol. The molecular weight excluding hydrogens is 128 g/mol. The Morgan fingerprint density at radius 3 is 2.70 bits per heavy atom. The highest BCUT2D eigenvalue weighted by atomic mass is 15.3. The average Bonchev–Trinajstić information content (AvgIpc) is 2.36. The summed E-state index contributed by atoms with van der Waals surface area (Å²) in [5.41, 5.74) is 6.59. The minimum absolute atomic E-state index is 0.00116. The molecule has 0 saturated heterocycles. The zero-order chi connectivity index (χ0) is 7.56. The number of nitrogens with two attached hydrogens (primary N) is 1. The van der Waals surface area contributed by atoms with Crippen LogP contribution in [0.25, 0.3) is 0 Å². The molecule has 1 atom stereocenters. The molecule has 0 aromatic carbocycles. The van der Waals surface area contributed by atoms with Gasteiger partial charge >= 0.3 is 0 Å². The van der Waals surface area contributed by atoms with Gasteiger partial charge in [0.25, 0.3) is 0 Å². The van der Waals surface area contributed by atoms with Crippen molar-refractivity contribution in [3.63, 3.8) is 0 Å². The second-order valence-corrected chi connectivity index (χ2v) is 2.67. The maximum absolute atomic E-state index is 5.76. The average molecular weight is 140 g/mol. The lowest BCUT2D eigenvalue weighted by Crippen LogP contribution is -2.16. The topological polar surface area (TPSA) is 67.6 Å². The van der Waals surface area contributed by atoms with Gasteiger partial charge in [-0.2, -0.15) is 0 Å². The molecule has 0 aliphatic carbocycles. The van der Waals surface area contributed by atoms with Crippen molar-refractivity contribution < 1.29 is 0 Å². The lowest BCUT2D eigenvalue weighted by Gasteiger charge is -2.10. The van der Waals surface area contributed by atoms with Crippen LogP contribution in [0.4, 0.5) is 0 Å². The standard InChI is InChI=1S/C6H12N4/c1-4(2)6(7)5-3-8-10-9-5/h3-4,6H,7H2,1-2H3,(H,8,9,10)/t6-/m0/s1. The number of hydrogen-bond acceptors (Lipinski definition) is 3. The monoisotopic (exact) mass is 140 g/mol. The molecule has 1 aromatic heterocycles. The van der Waals surface area contributed by atoms with Crippen LogP contribution in [0.15, 0.2) is 6.20 Å². The van der Waals surface area contributed by atoms with Crippen LogP contribution < -0.4 is 5.73 Å². The van der Waals surface area contributed by atoms with Gasteiger partial charge in [-0.1, -0.05) is 19.1 Å². The van der Waals surface area contributed by atoms with Gasteiger partial charge in [0.05, 0.1) is 11.7 Å². The minimum atomic E-state index is -0.00116. The summed E-state index contributed by atoms with van der Waals surface area (Å²) >= 11 is 0. The predicted octanol–water partition coefficient (Wildman–Crippen LogP) is 0.460. The Balaban J connectivity index is 2.68. The summed E-state index contributed by atoms with van der Waals surface area (Å²) in [5, 5.41) is 10.0. The normalized spacial score (nSPS) is 14.0. The summed E-state index contributed by atoms with van der Waals surface area (Å²) < 4.78 is 0. The Morgan fingerprint density at radius 2 is 2.30 bits per heavy atom. The van der Waals surface area contributed by atoms with Gasteiger partial charge < -0.3 is 5.73 Å². The summed E-state index contributed by atoms with van der Waals surface area (Å²) in [6.07, 6.45) is 1.73. The van der Waals surface area contributed by atoms with Crippen molar-refractivity contribution >= 4 is 0 Å². The quantitative estimate of drug-likeness (QED) is 0.627. The van der Waals surface area contributed by atoms with Crippen molar-refractivity contribution in [2.24, 2.45) is 11.7 Å². The molecular formula is C6H12N4. The van der Waals surface area contributed by atoms with E-state index in [4.69, 9.17) is 5.73 Å². The molecule has 0 amide bonds. The van der Waals surface area contributed by atoms with E-state index in [1.807, 2.05) is 0 Å². The van der Waals surface area contributed by atoms with E-state index in [0.717, 1.165) is 5.69 Å². The van der Waals surface area contributed by atoms with E-state index in [1.165, 1.54) is 0 Å². The lowest BCUT2D eigenvalue weighted by atomic mass is 10.0. The number of rotatable bonds is 2. The van der Waals surface area contributed by atoms with E-state index in [-0.39, 0.29) is 6.04 Å². The molecule has 0 saturated carbocycles. The van der Waals surface area contributed by atoms with E-state index in [2.05, 4.69) is 29.3 Å². The first-order valence-corrected chi connectivity index (χ1v) is 3.33. The van der Waals surface area contributed by atoms with Crippen LogP contribution in [0.3, 0.4) is 0 Å². The molecule has 4 nitrogen and oxygen atoms in total. The number of aromatic amines is 1. The number of aromatic nitrogens is 3. The summed E-state index contributed by atoms with van der Waals surface area (Å²) in [5.74, 6) is 0.407.